The maximum atomic E-state index is 12.7. The van der Waals surface area contributed by atoms with Gasteiger partial charge in [0.15, 0.2) is 23.2 Å². The highest BCUT2D eigenvalue weighted by atomic mass is 16.7. The Bertz CT molecular complexity index is 770. The second kappa shape index (κ2) is 15.0. The number of hydrogen-bond donors (Lipinski definition) is 2. The summed E-state index contributed by atoms with van der Waals surface area (Å²) in [6.45, 7) is 7.27. The highest BCUT2D eigenvalue weighted by Gasteiger charge is 2.28. The molecule has 0 saturated carbocycles. The Labute approximate surface area is 193 Å². The minimum atomic E-state index is -0.998. The molecule has 2 atom stereocenters. The summed E-state index contributed by atoms with van der Waals surface area (Å²) in [7, 11) is 1.39. The van der Waals surface area contributed by atoms with Crippen LogP contribution < -0.4 is 14.8 Å². The van der Waals surface area contributed by atoms with Crippen LogP contribution in [-0.4, -0.2) is 73.8 Å². The molecule has 11 heteroatoms. The van der Waals surface area contributed by atoms with Crippen LogP contribution in [0.15, 0.2) is 12.3 Å². The molecule has 11 nitrogen and oxygen atoms in total. The lowest BCUT2D eigenvalue weighted by Crippen LogP contribution is -2.45. The quantitative estimate of drug-likeness (QED) is 0.444. The number of hydrogen-bond acceptors (Lipinski definition) is 10. The molecule has 0 aromatic carbocycles. The van der Waals surface area contributed by atoms with Crippen LogP contribution in [0.1, 0.15) is 51.0 Å². The van der Waals surface area contributed by atoms with Crippen LogP contribution in [0.3, 0.4) is 0 Å². The first-order valence-corrected chi connectivity index (χ1v) is 10.7. The van der Waals surface area contributed by atoms with Crippen LogP contribution >= 0.6 is 0 Å². The molecule has 1 aromatic heterocycles. The number of carbonyl (C=O) groups is 3. The normalized spacial score (nSPS) is 18.5. The Balaban J connectivity index is 0.000000981. The summed E-state index contributed by atoms with van der Waals surface area (Å²) in [5, 5.41) is 10.7. The molecule has 0 radical (unpaired) electrons. The number of aliphatic hydroxyl groups is 1. The molecule has 1 aliphatic rings. The first-order chi connectivity index (χ1) is 15.7. The van der Waals surface area contributed by atoms with Crippen molar-refractivity contribution in [1.29, 1.82) is 0 Å². The number of esters is 2. The zero-order chi connectivity index (χ0) is 24.8. The molecule has 0 bridgehead atoms. The first-order valence-electron chi connectivity index (χ1n) is 10.7. The van der Waals surface area contributed by atoms with Crippen LogP contribution in [0.2, 0.25) is 0 Å². The number of methoxy groups -OCH3 is 1. The Morgan fingerprint density at radius 3 is 2.67 bits per heavy atom. The van der Waals surface area contributed by atoms with E-state index in [4.69, 9.17) is 28.8 Å². The third-order valence-corrected chi connectivity index (χ3v) is 4.23. The predicted octanol–water partition coefficient (Wildman–Crippen LogP) is 1.46. The lowest BCUT2D eigenvalue weighted by molar-refractivity contribution is -0.151. The summed E-state index contributed by atoms with van der Waals surface area (Å²) >= 11 is 0. The molecule has 1 aromatic rings. The molecule has 1 saturated heterocycles. The van der Waals surface area contributed by atoms with Crippen LogP contribution in [-0.2, 0) is 23.8 Å². The minimum Gasteiger partial charge on any atom is -0.493 e. The first kappa shape index (κ1) is 28.1. The molecule has 186 valence electrons. The van der Waals surface area contributed by atoms with Crippen molar-refractivity contribution in [2.24, 2.45) is 5.92 Å². The van der Waals surface area contributed by atoms with E-state index in [0.717, 1.165) is 6.42 Å². The second-order valence-corrected chi connectivity index (χ2v) is 7.66. The van der Waals surface area contributed by atoms with Gasteiger partial charge in [-0.15, -0.1) is 0 Å². The van der Waals surface area contributed by atoms with Gasteiger partial charge in [-0.3, -0.25) is 9.59 Å². The van der Waals surface area contributed by atoms with Crippen molar-refractivity contribution < 1.29 is 43.2 Å². The zero-order valence-electron chi connectivity index (χ0n) is 19.8. The van der Waals surface area contributed by atoms with Gasteiger partial charge in [0.1, 0.15) is 0 Å². The number of aliphatic hydroxyl groups excluding tert-OH is 1. The molecule has 0 spiro atoms. The third-order valence-electron chi connectivity index (χ3n) is 4.23. The topological polar surface area (TPSA) is 143 Å². The molecule has 1 aliphatic heterocycles. The van der Waals surface area contributed by atoms with Crippen molar-refractivity contribution in [3.05, 3.63) is 18.0 Å². The van der Waals surface area contributed by atoms with E-state index in [9.17, 15) is 14.4 Å². The fraction of sp³-hybridized carbons (Fsp3) is 0.636. The van der Waals surface area contributed by atoms with E-state index in [1.54, 1.807) is 6.92 Å². The van der Waals surface area contributed by atoms with Crippen molar-refractivity contribution in [3.63, 3.8) is 0 Å². The zero-order valence-corrected chi connectivity index (χ0v) is 19.8. The summed E-state index contributed by atoms with van der Waals surface area (Å²) in [6, 6.07) is 0.487. The number of amides is 1. The van der Waals surface area contributed by atoms with E-state index in [-0.39, 0.29) is 29.9 Å². The minimum absolute atomic E-state index is 0.0190. The van der Waals surface area contributed by atoms with Gasteiger partial charge in [-0.1, -0.05) is 13.8 Å². The number of nitrogens with one attached hydrogen (secondary N) is 1. The van der Waals surface area contributed by atoms with E-state index < -0.39 is 30.7 Å². The molecular formula is C22H34N2O9. The summed E-state index contributed by atoms with van der Waals surface area (Å²) in [5.41, 5.74) is -0.132. The highest BCUT2D eigenvalue weighted by Crippen LogP contribution is 2.29. The number of carbonyl (C=O) groups excluding carboxylic acids is 3. The van der Waals surface area contributed by atoms with E-state index in [0.29, 0.717) is 25.6 Å². The van der Waals surface area contributed by atoms with Crippen LogP contribution in [0.4, 0.5) is 0 Å². The average Bonchev–Trinajstić information content (AvgIpc) is 2.84. The molecule has 2 heterocycles. The van der Waals surface area contributed by atoms with Crippen molar-refractivity contribution in [3.8, 4) is 11.5 Å². The Kier molecular flexibility index (Phi) is 12.8. The van der Waals surface area contributed by atoms with Gasteiger partial charge < -0.3 is 34.1 Å². The van der Waals surface area contributed by atoms with Gasteiger partial charge >= 0.3 is 11.9 Å². The second-order valence-electron chi connectivity index (χ2n) is 7.66. The SMILES string of the molecule is CC(C)CO.COc1ccnc(C(=O)N[C@H]2COCCCC(C)OC2=O)c1OCOC(C)=O. The number of ether oxygens (including phenoxy) is 5. The fourth-order valence-corrected chi connectivity index (χ4v) is 2.47. The lowest BCUT2D eigenvalue weighted by Gasteiger charge is -2.19. The Hall–Kier alpha value is -2.92. The number of nitrogens with zero attached hydrogens (tertiary/aromatic N) is 1. The summed E-state index contributed by atoms with van der Waals surface area (Å²) in [5.74, 6) is -1.19. The summed E-state index contributed by atoms with van der Waals surface area (Å²) in [6.07, 6.45) is 2.51. The van der Waals surface area contributed by atoms with Crippen LogP contribution in [0.5, 0.6) is 11.5 Å². The summed E-state index contributed by atoms with van der Waals surface area (Å²) in [4.78, 5) is 40.0. The van der Waals surface area contributed by atoms with Crippen molar-refractivity contribution in [2.45, 2.75) is 52.7 Å². The van der Waals surface area contributed by atoms with Crippen LogP contribution in [0.25, 0.3) is 0 Å². The standard InChI is InChI=1S/C18H24N2O8.C4H10O/c1-11-5-4-8-25-9-13(18(23)28-11)20-17(22)15-16(27-10-26-12(2)21)14(24-3)6-7-19-15;1-4(2)3-5/h6-7,11,13H,4-5,8-10H2,1-3H3,(H,20,22);4-5H,3H2,1-2H3/t11?,13-;/m0./s1. The highest BCUT2D eigenvalue weighted by molar-refractivity contribution is 5.98. The Morgan fingerprint density at radius 2 is 2.06 bits per heavy atom. The molecule has 2 N–H and O–H groups in total. The fourth-order valence-electron chi connectivity index (χ4n) is 2.47. The summed E-state index contributed by atoms with van der Waals surface area (Å²) < 4.78 is 26.0. The molecule has 2 rings (SSSR count). The molecular weight excluding hydrogens is 436 g/mol. The molecule has 1 amide bonds. The van der Waals surface area contributed by atoms with E-state index in [2.05, 4.69) is 10.3 Å². The third kappa shape index (κ3) is 10.5. The van der Waals surface area contributed by atoms with Crippen LogP contribution in [0, 0.1) is 5.92 Å². The number of aromatic nitrogens is 1. The largest absolute Gasteiger partial charge is 0.493 e. The monoisotopic (exact) mass is 470 g/mol. The van der Waals surface area contributed by atoms with Gasteiger partial charge in [-0.05, 0) is 25.7 Å². The number of cyclic esters (lactones) is 1. The van der Waals surface area contributed by atoms with Crippen molar-refractivity contribution in [1.82, 2.24) is 10.3 Å². The van der Waals surface area contributed by atoms with Gasteiger partial charge in [0.25, 0.3) is 5.91 Å². The lowest BCUT2D eigenvalue weighted by atomic mass is 10.2. The van der Waals surface area contributed by atoms with Gasteiger partial charge in [0, 0.05) is 32.4 Å². The smallest absolute Gasteiger partial charge is 0.331 e. The Morgan fingerprint density at radius 1 is 1.36 bits per heavy atom. The van der Waals surface area contributed by atoms with Crippen molar-refractivity contribution in [2.75, 3.05) is 33.7 Å². The van der Waals surface area contributed by atoms with Gasteiger partial charge in [-0.25, -0.2) is 9.78 Å². The predicted molar refractivity (Wildman–Crippen MR) is 117 cm³/mol. The maximum Gasteiger partial charge on any atom is 0.331 e. The van der Waals surface area contributed by atoms with E-state index in [1.807, 2.05) is 13.8 Å². The molecule has 33 heavy (non-hydrogen) atoms. The maximum absolute atomic E-state index is 12.7. The average molecular weight is 471 g/mol. The van der Waals surface area contributed by atoms with E-state index >= 15 is 0 Å². The number of pyridine rings is 1. The molecule has 1 unspecified atom stereocenters. The van der Waals surface area contributed by atoms with Gasteiger partial charge in [0.2, 0.25) is 6.79 Å². The van der Waals surface area contributed by atoms with E-state index in [1.165, 1.54) is 26.3 Å². The number of rotatable bonds is 7. The van der Waals surface area contributed by atoms with Gasteiger partial charge in [0.05, 0.1) is 19.8 Å². The van der Waals surface area contributed by atoms with Gasteiger partial charge in [-0.2, -0.15) is 0 Å². The molecule has 0 aliphatic carbocycles. The molecule has 1 fully saturated rings. The van der Waals surface area contributed by atoms with Crippen molar-refractivity contribution >= 4 is 17.8 Å².